The number of carbonyl (C=O) groups is 1. The first kappa shape index (κ1) is 15.5. The van der Waals surface area contributed by atoms with Gasteiger partial charge in [-0.2, -0.15) is 0 Å². The summed E-state index contributed by atoms with van der Waals surface area (Å²) < 4.78 is 1.63. The molecular formula is C15H23N3O3. The predicted molar refractivity (Wildman–Crippen MR) is 80.4 cm³/mol. The van der Waals surface area contributed by atoms with Crippen LogP contribution in [0.5, 0.6) is 0 Å². The van der Waals surface area contributed by atoms with Gasteiger partial charge in [0.2, 0.25) is 0 Å². The van der Waals surface area contributed by atoms with Crippen LogP contribution < -0.4 is 10.9 Å². The van der Waals surface area contributed by atoms with E-state index in [1.165, 1.54) is 0 Å². The SMILES string of the molecule is CC(C)(C)n1ccnc(NCC2CCCC2C(=O)O)c1=O. The lowest BCUT2D eigenvalue weighted by Crippen LogP contribution is -2.36. The maximum absolute atomic E-state index is 12.4. The van der Waals surface area contributed by atoms with E-state index in [0.29, 0.717) is 12.4 Å². The van der Waals surface area contributed by atoms with Crippen LogP contribution >= 0.6 is 0 Å². The second-order valence-electron chi connectivity index (χ2n) is 6.64. The van der Waals surface area contributed by atoms with Crippen LogP contribution in [0.2, 0.25) is 0 Å². The van der Waals surface area contributed by atoms with Crippen LogP contribution in [-0.2, 0) is 10.3 Å². The highest BCUT2D eigenvalue weighted by atomic mass is 16.4. The number of aromatic nitrogens is 2. The fourth-order valence-electron chi connectivity index (χ4n) is 2.90. The van der Waals surface area contributed by atoms with Crippen molar-refractivity contribution in [3.05, 3.63) is 22.7 Å². The Labute approximate surface area is 124 Å². The lowest BCUT2D eigenvalue weighted by atomic mass is 9.96. The van der Waals surface area contributed by atoms with Gasteiger partial charge in [-0.25, -0.2) is 4.98 Å². The van der Waals surface area contributed by atoms with Crippen LogP contribution in [0, 0.1) is 11.8 Å². The van der Waals surface area contributed by atoms with Gasteiger partial charge in [-0.15, -0.1) is 0 Å². The average Bonchev–Trinajstić information content (AvgIpc) is 2.84. The highest BCUT2D eigenvalue weighted by molar-refractivity contribution is 5.70. The number of aliphatic carboxylic acids is 1. The average molecular weight is 293 g/mol. The zero-order valence-electron chi connectivity index (χ0n) is 12.8. The van der Waals surface area contributed by atoms with Crippen molar-refractivity contribution in [2.24, 2.45) is 11.8 Å². The molecule has 2 rings (SSSR count). The molecule has 2 unspecified atom stereocenters. The Hall–Kier alpha value is -1.85. The van der Waals surface area contributed by atoms with E-state index in [0.717, 1.165) is 19.3 Å². The number of carboxylic acids is 1. The van der Waals surface area contributed by atoms with E-state index in [9.17, 15) is 14.7 Å². The van der Waals surface area contributed by atoms with Gasteiger partial charge in [-0.05, 0) is 39.5 Å². The van der Waals surface area contributed by atoms with Gasteiger partial charge in [0, 0.05) is 24.5 Å². The Morgan fingerprint density at radius 3 is 2.81 bits per heavy atom. The molecule has 1 aromatic heterocycles. The molecule has 1 aliphatic rings. The quantitative estimate of drug-likeness (QED) is 0.886. The molecule has 1 aromatic rings. The van der Waals surface area contributed by atoms with Crippen molar-refractivity contribution in [1.82, 2.24) is 9.55 Å². The predicted octanol–water partition coefficient (Wildman–Crippen LogP) is 1.91. The largest absolute Gasteiger partial charge is 0.481 e. The van der Waals surface area contributed by atoms with Crippen molar-refractivity contribution in [2.75, 3.05) is 11.9 Å². The normalized spacial score (nSPS) is 22.2. The molecular weight excluding hydrogens is 270 g/mol. The number of rotatable bonds is 4. The summed E-state index contributed by atoms with van der Waals surface area (Å²) in [6.45, 7) is 6.34. The van der Waals surface area contributed by atoms with Crippen molar-refractivity contribution < 1.29 is 9.90 Å². The molecule has 6 heteroatoms. The molecule has 116 valence electrons. The van der Waals surface area contributed by atoms with Crippen LogP contribution in [-0.4, -0.2) is 27.2 Å². The number of hydrogen-bond acceptors (Lipinski definition) is 4. The summed E-state index contributed by atoms with van der Waals surface area (Å²) in [7, 11) is 0. The third-order valence-electron chi connectivity index (χ3n) is 4.07. The number of carboxylic acid groups (broad SMARTS) is 1. The van der Waals surface area contributed by atoms with E-state index in [2.05, 4.69) is 10.3 Å². The Morgan fingerprint density at radius 1 is 1.48 bits per heavy atom. The lowest BCUT2D eigenvalue weighted by molar-refractivity contribution is -0.142. The monoisotopic (exact) mass is 293 g/mol. The van der Waals surface area contributed by atoms with Crippen molar-refractivity contribution in [3.63, 3.8) is 0 Å². The van der Waals surface area contributed by atoms with Crippen LogP contribution in [0.4, 0.5) is 5.82 Å². The van der Waals surface area contributed by atoms with Gasteiger partial charge in [0.1, 0.15) is 0 Å². The number of nitrogens with zero attached hydrogens (tertiary/aromatic N) is 2. The number of nitrogens with one attached hydrogen (secondary N) is 1. The van der Waals surface area contributed by atoms with Gasteiger partial charge in [0.25, 0.3) is 5.56 Å². The van der Waals surface area contributed by atoms with E-state index in [4.69, 9.17) is 0 Å². The molecule has 2 atom stereocenters. The van der Waals surface area contributed by atoms with Crippen LogP contribution in [0.1, 0.15) is 40.0 Å². The molecule has 6 nitrogen and oxygen atoms in total. The van der Waals surface area contributed by atoms with Crippen molar-refractivity contribution >= 4 is 11.8 Å². The van der Waals surface area contributed by atoms with Gasteiger partial charge >= 0.3 is 5.97 Å². The third kappa shape index (κ3) is 3.43. The molecule has 0 bridgehead atoms. The highest BCUT2D eigenvalue weighted by Crippen LogP contribution is 2.31. The molecule has 21 heavy (non-hydrogen) atoms. The molecule has 0 amide bonds. The molecule has 1 fully saturated rings. The molecule has 0 aromatic carbocycles. The summed E-state index contributed by atoms with van der Waals surface area (Å²) in [5, 5.41) is 12.2. The minimum atomic E-state index is -0.743. The van der Waals surface area contributed by atoms with Crippen LogP contribution in [0.3, 0.4) is 0 Å². The molecule has 2 N–H and O–H groups in total. The highest BCUT2D eigenvalue weighted by Gasteiger charge is 2.32. The molecule has 0 spiro atoms. The van der Waals surface area contributed by atoms with Crippen molar-refractivity contribution in [1.29, 1.82) is 0 Å². The zero-order valence-corrected chi connectivity index (χ0v) is 12.8. The fourth-order valence-corrected chi connectivity index (χ4v) is 2.90. The van der Waals surface area contributed by atoms with Gasteiger partial charge < -0.3 is 15.0 Å². The first-order valence-corrected chi connectivity index (χ1v) is 7.35. The molecule has 0 radical (unpaired) electrons. The second kappa shape index (κ2) is 5.87. The van der Waals surface area contributed by atoms with Gasteiger partial charge in [-0.1, -0.05) is 6.42 Å². The zero-order chi connectivity index (χ0) is 15.6. The summed E-state index contributed by atoms with van der Waals surface area (Å²) in [5.41, 5.74) is -0.484. The van der Waals surface area contributed by atoms with E-state index >= 15 is 0 Å². The van der Waals surface area contributed by atoms with Gasteiger partial charge in [0.15, 0.2) is 5.82 Å². The number of hydrogen-bond donors (Lipinski definition) is 2. The van der Waals surface area contributed by atoms with E-state index in [-0.39, 0.29) is 22.9 Å². The van der Waals surface area contributed by atoms with E-state index < -0.39 is 5.97 Å². The maximum Gasteiger partial charge on any atom is 0.306 e. The summed E-state index contributed by atoms with van der Waals surface area (Å²) >= 11 is 0. The summed E-state index contributed by atoms with van der Waals surface area (Å²) in [6, 6.07) is 0. The first-order valence-electron chi connectivity index (χ1n) is 7.35. The molecule has 1 heterocycles. The van der Waals surface area contributed by atoms with Gasteiger partial charge in [0.05, 0.1) is 5.92 Å². The standard InChI is InChI=1S/C15H23N3O3/c1-15(2,3)18-8-7-16-12(13(18)19)17-9-10-5-4-6-11(10)14(20)21/h7-8,10-11H,4-6,9H2,1-3H3,(H,16,17)(H,20,21). The lowest BCUT2D eigenvalue weighted by Gasteiger charge is -2.23. The summed E-state index contributed by atoms with van der Waals surface area (Å²) in [4.78, 5) is 27.6. The van der Waals surface area contributed by atoms with E-state index in [1.807, 2.05) is 20.8 Å². The second-order valence-corrected chi connectivity index (χ2v) is 6.64. The van der Waals surface area contributed by atoms with Crippen molar-refractivity contribution in [3.8, 4) is 0 Å². The third-order valence-corrected chi connectivity index (χ3v) is 4.07. The topological polar surface area (TPSA) is 84.2 Å². The minimum absolute atomic E-state index is 0.0620. The Balaban J connectivity index is 2.11. The van der Waals surface area contributed by atoms with E-state index in [1.54, 1.807) is 17.0 Å². The van der Waals surface area contributed by atoms with Crippen molar-refractivity contribution in [2.45, 2.75) is 45.6 Å². The molecule has 1 aliphatic carbocycles. The number of anilines is 1. The van der Waals surface area contributed by atoms with Crippen LogP contribution in [0.15, 0.2) is 17.2 Å². The summed E-state index contributed by atoms with van der Waals surface area (Å²) in [6.07, 6.45) is 5.79. The van der Waals surface area contributed by atoms with Crippen LogP contribution in [0.25, 0.3) is 0 Å². The summed E-state index contributed by atoms with van der Waals surface area (Å²) in [5.74, 6) is -0.700. The van der Waals surface area contributed by atoms with Gasteiger partial charge in [-0.3, -0.25) is 9.59 Å². The smallest absolute Gasteiger partial charge is 0.306 e. The molecule has 0 saturated heterocycles. The molecule has 1 saturated carbocycles. The molecule has 0 aliphatic heterocycles. The first-order chi connectivity index (χ1) is 9.80. The maximum atomic E-state index is 12.4. The fraction of sp³-hybridized carbons (Fsp3) is 0.667. The Morgan fingerprint density at radius 2 is 2.19 bits per heavy atom. The minimum Gasteiger partial charge on any atom is -0.481 e. The Kier molecular flexibility index (Phi) is 4.34. The Bertz CT molecular complexity index is 574.